The Hall–Kier alpha value is -1.44. The molecule has 0 bridgehead atoms. The summed E-state index contributed by atoms with van der Waals surface area (Å²) in [4.78, 5) is 12.7. The SMILES string of the molecule is CN(C)C(=O)CNS(=O)(=O)c1ccc(CN)cc1. The molecule has 18 heavy (non-hydrogen) atoms. The molecule has 1 aromatic rings. The van der Waals surface area contributed by atoms with Gasteiger partial charge in [0.1, 0.15) is 0 Å². The summed E-state index contributed by atoms with van der Waals surface area (Å²) >= 11 is 0. The summed E-state index contributed by atoms with van der Waals surface area (Å²) in [6, 6.07) is 6.21. The monoisotopic (exact) mass is 271 g/mol. The lowest BCUT2D eigenvalue weighted by atomic mass is 10.2. The maximum absolute atomic E-state index is 11.8. The Morgan fingerprint density at radius 3 is 2.28 bits per heavy atom. The van der Waals surface area contributed by atoms with E-state index in [0.717, 1.165) is 5.56 Å². The minimum atomic E-state index is -3.65. The van der Waals surface area contributed by atoms with Crippen LogP contribution in [0.25, 0.3) is 0 Å². The van der Waals surface area contributed by atoms with Crippen molar-refractivity contribution in [1.29, 1.82) is 0 Å². The van der Waals surface area contributed by atoms with Crippen LogP contribution in [0, 0.1) is 0 Å². The molecule has 0 aliphatic heterocycles. The lowest BCUT2D eigenvalue weighted by Gasteiger charge is -2.11. The van der Waals surface area contributed by atoms with Crippen LogP contribution in [0.5, 0.6) is 0 Å². The van der Waals surface area contributed by atoms with Gasteiger partial charge in [-0.05, 0) is 17.7 Å². The third-order valence-electron chi connectivity index (χ3n) is 2.38. The molecule has 0 heterocycles. The molecule has 1 amide bonds. The topological polar surface area (TPSA) is 92.5 Å². The fraction of sp³-hybridized carbons (Fsp3) is 0.364. The standard InChI is InChI=1S/C11H17N3O3S/c1-14(2)11(15)8-13-18(16,17)10-5-3-9(7-12)4-6-10/h3-6,13H,7-8,12H2,1-2H3. The van der Waals surface area contributed by atoms with Gasteiger partial charge in [-0.1, -0.05) is 12.1 Å². The van der Waals surface area contributed by atoms with E-state index in [1.807, 2.05) is 0 Å². The molecule has 0 atom stereocenters. The number of amides is 1. The van der Waals surface area contributed by atoms with Crippen LogP contribution in [0.15, 0.2) is 29.2 Å². The Morgan fingerprint density at radius 2 is 1.83 bits per heavy atom. The second kappa shape index (κ2) is 5.94. The van der Waals surface area contributed by atoms with Crippen molar-refractivity contribution in [2.45, 2.75) is 11.4 Å². The number of nitrogens with zero attached hydrogens (tertiary/aromatic N) is 1. The van der Waals surface area contributed by atoms with Crippen LogP contribution in [-0.2, 0) is 21.4 Å². The smallest absolute Gasteiger partial charge is 0.241 e. The van der Waals surface area contributed by atoms with Gasteiger partial charge in [-0.25, -0.2) is 13.1 Å². The van der Waals surface area contributed by atoms with Crippen molar-refractivity contribution in [3.05, 3.63) is 29.8 Å². The summed E-state index contributed by atoms with van der Waals surface area (Å²) in [6.45, 7) is 0.0981. The van der Waals surface area contributed by atoms with E-state index in [1.165, 1.54) is 17.0 Å². The number of carbonyl (C=O) groups excluding carboxylic acids is 1. The molecule has 0 unspecified atom stereocenters. The average Bonchev–Trinajstić information content (AvgIpc) is 2.36. The molecule has 0 aliphatic carbocycles. The molecule has 0 saturated heterocycles. The molecular formula is C11H17N3O3S. The summed E-state index contributed by atoms with van der Waals surface area (Å²) in [6.07, 6.45) is 0. The highest BCUT2D eigenvalue weighted by Gasteiger charge is 2.15. The largest absolute Gasteiger partial charge is 0.348 e. The number of likely N-dealkylation sites (N-methyl/N-ethyl adjacent to an activating group) is 1. The molecule has 0 radical (unpaired) electrons. The Bertz CT molecular complexity index is 509. The fourth-order valence-electron chi connectivity index (χ4n) is 1.20. The van der Waals surface area contributed by atoms with E-state index in [-0.39, 0.29) is 17.3 Å². The van der Waals surface area contributed by atoms with E-state index in [0.29, 0.717) is 6.54 Å². The Kier molecular flexibility index (Phi) is 4.83. The van der Waals surface area contributed by atoms with Crippen molar-refractivity contribution in [1.82, 2.24) is 9.62 Å². The van der Waals surface area contributed by atoms with Crippen molar-refractivity contribution in [3.63, 3.8) is 0 Å². The highest BCUT2D eigenvalue weighted by atomic mass is 32.2. The molecular weight excluding hydrogens is 254 g/mol. The number of carbonyl (C=O) groups is 1. The highest BCUT2D eigenvalue weighted by Crippen LogP contribution is 2.09. The second-order valence-corrected chi connectivity index (χ2v) is 5.73. The molecule has 7 heteroatoms. The number of benzene rings is 1. The van der Waals surface area contributed by atoms with Crippen LogP contribution in [0.1, 0.15) is 5.56 Å². The molecule has 0 aromatic heterocycles. The molecule has 100 valence electrons. The van der Waals surface area contributed by atoms with E-state index >= 15 is 0 Å². The van der Waals surface area contributed by atoms with Crippen LogP contribution in [-0.4, -0.2) is 39.9 Å². The maximum Gasteiger partial charge on any atom is 0.241 e. The second-order valence-electron chi connectivity index (χ2n) is 3.96. The van der Waals surface area contributed by atoms with Crippen LogP contribution < -0.4 is 10.5 Å². The van der Waals surface area contributed by atoms with Crippen molar-refractivity contribution in [2.24, 2.45) is 5.73 Å². The van der Waals surface area contributed by atoms with Gasteiger partial charge in [-0.15, -0.1) is 0 Å². The number of sulfonamides is 1. The van der Waals surface area contributed by atoms with Crippen LogP contribution in [0.2, 0.25) is 0 Å². The third kappa shape index (κ3) is 3.80. The molecule has 0 spiro atoms. The summed E-state index contributed by atoms with van der Waals surface area (Å²) in [5, 5.41) is 0. The minimum Gasteiger partial charge on any atom is -0.348 e. The van der Waals surface area contributed by atoms with E-state index in [4.69, 9.17) is 5.73 Å². The third-order valence-corrected chi connectivity index (χ3v) is 3.80. The zero-order valence-electron chi connectivity index (χ0n) is 10.4. The molecule has 1 rings (SSSR count). The molecule has 6 nitrogen and oxygen atoms in total. The van der Waals surface area contributed by atoms with Gasteiger partial charge in [0, 0.05) is 20.6 Å². The van der Waals surface area contributed by atoms with Gasteiger partial charge >= 0.3 is 0 Å². The van der Waals surface area contributed by atoms with E-state index in [2.05, 4.69) is 4.72 Å². The van der Waals surface area contributed by atoms with Gasteiger partial charge in [0.25, 0.3) is 0 Å². The summed E-state index contributed by atoms with van der Waals surface area (Å²) in [5.41, 5.74) is 6.27. The summed E-state index contributed by atoms with van der Waals surface area (Å²) < 4.78 is 25.9. The van der Waals surface area contributed by atoms with Gasteiger partial charge in [0.05, 0.1) is 11.4 Å². The van der Waals surface area contributed by atoms with Crippen LogP contribution >= 0.6 is 0 Å². The molecule has 0 fully saturated rings. The lowest BCUT2D eigenvalue weighted by molar-refractivity contribution is -0.127. The van der Waals surface area contributed by atoms with Gasteiger partial charge in [0.15, 0.2) is 0 Å². The zero-order chi connectivity index (χ0) is 13.8. The first-order valence-corrected chi connectivity index (χ1v) is 6.84. The van der Waals surface area contributed by atoms with Crippen molar-refractivity contribution < 1.29 is 13.2 Å². The summed E-state index contributed by atoms with van der Waals surface area (Å²) in [5.74, 6) is -0.308. The number of hydrogen-bond donors (Lipinski definition) is 2. The maximum atomic E-state index is 11.8. The number of rotatable bonds is 5. The first-order valence-electron chi connectivity index (χ1n) is 5.35. The Morgan fingerprint density at radius 1 is 1.28 bits per heavy atom. The van der Waals surface area contributed by atoms with Crippen LogP contribution in [0.4, 0.5) is 0 Å². The normalized spacial score (nSPS) is 11.3. The Labute approximate surface area is 107 Å². The number of hydrogen-bond acceptors (Lipinski definition) is 4. The molecule has 0 aliphatic rings. The quantitative estimate of drug-likeness (QED) is 0.756. The Balaban J connectivity index is 2.77. The molecule has 1 aromatic carbocycles. The predicted molar refractivity (Wildman–Crippen MR) is 68.2 cm³/mol. The van der Waals surface area contributed by atoms with Crippen LogP contribution in [0.3, 0.4) is 0 Å². The molecule has 3 N–H and O–H groups in total. The summed E-state index contributed by atoms with van der Waals surface area (Å²) in [7, 11) is -0.528. The van der Waals surface area contributed by atoms with Crippen molar-refractivity contribution in [2.75, 3.05) is 20.6 Å². The number of nitrogens with two attached hydrogens (primary N) is 1. The fourth-order valence-corrected chi connectivity index (χ4v) is 2.18. The number of nitrogens with one attached hydrogen (secondary N) is 1. The first kappa shape index (κ1) is 14.6. The van der Waals surface area contributed by atoms with Gasteiger partial charge < -0.3 is 10.6 Å². The highest BCUT2D eigenvalue weighted by molar-refractivity contribution is 7.89. The lowest BCUT2D eigenvalue weighted by Crippen LogP contribution is -2.36. The predicted octanol–water partition coefficient (Wildman–Crippen LogP) is -0.488. The van der Waals surface area contributed by atoms with E-state index < -0.39 is 10.0 Å². The average molecular weight is 271 g/mol. The van der Waals surface area contributed by atoms with E-state index in [9.17, 15) is 13.2 Å². The van der Waals surface area contributed by atoms with Gasteiger partial charge in [0.2, 0.25) is 15.9 Å². The van der Waals surface area contributed by atoms with Gasteiger partial charge in [-0.2, -0.15) is 0 Å². The van der Waals surface area contributed by atoms with E-state index in [1.54, 1.807) is 26.2 Å². The van der Waals surface area contributed by atoms with Crippen molar-refractivity contribution in [3.8, 4) is 0 Å². The van der Waals surface area contributed by atoms with Crippen molar-refractivity contribution >= 4 is 15.9 Å². The minimum absolute atomic E-state index is 0.117. The zero-order valence-corrected chi connectivity index (χ0v) is 11.2. The van der Waals surface area contributed by atoms with Gasteiger partial charge in [-0.3, -0.25) is 4.79 Å². The molecule has 0 saturated carbocycles. The first-order chi connectivity index (χ1) is 8.36.